The van der Waals surface area contributed by atoms with Crippen molar-refractivity contribution in [1.82, 2.24) is 23.8 Å². The van der Waals surface area contributed by atoms with Crippen LogP contribution in [0.4, 0.5) is 0 Å². The van der Waals surface area contributed by atoms with Crippen LogP contribution in [0, 0.1) is 6.92 Å². The number of nitrogens with one attached hydrogen (secondary N) is 1. The third-order valence-corrected chi connectivity index (χ3v) is 3.57. The van der Waals surface area contributed by atoms with Crippen LogP contribution in [0.2, 0.25) is 0 Å². The van der Waals surface area contributed by atoms with Crippen LogP contribution in [-0.4, -0.2) is 36.8 Å². The molecule has 0 saturated heterocycles. The first kappa shape index (κ1) is 12.7. The predicted octanol–water partition coefficient (Wildman–Crippen LogP) is 2.00. The number of hydrogen-bond donors (Lipinski definition) is 1. The lowest BCUT2D eigenvalue weighted by Gasteiger charge is -2.15. The van der Waals surface area contributed by atoms with Crippen LogP contribution in [-0.2, 0) is 6.54 Å². The van der Waals surface area contributed by atoms with Crippen LogP contribution in [0.25, 0.3) is 11.0 Å². The first-order valence-corrected chi connectivity index (χ1v) is 6.85. The van der Waals surface area contributed by atoms with Gasteiger partial charge in [0.15, 0.2) is 0 Å². The molecule has 0 spiro atoms. The SMILES string of the molecule is Cc1cc(C(=O)N(C)Cc2ccc3nsnc3c2)n[nH]1. The molecule has 7 heteroatoms. The van der Waals surface area contributed by atoms with Crippen molar-refractivity contribution in [1.29, 1.82) is 0 Å². The number of amides is 1. The van der Waals surface area contributed by atoms with Crippen molar-refractivity contribution < 1.29 is 4.79 Å². The van der Waals surface area contributed by atoms with Crippen molar-refractivity contribution in [2.45, 2.75) is 13.5 Å². The lowest BCUT2D eigenvalue weighted by Crippen LogP contribution is -2.26. The second-order valence-corrected chi connectivity index (χ2v) is 5.21. The molecule has 0 aliphatic carbocycles. The van der Waals surface area contributed by atoms with Gasteiger partial charge in [0, 0.05) is 19.3 Å². The van der Waals surface area contributed by atoms with E-state index in [1.807, 2.05) is 25.1 Å². The summed E-state index contributed by atoms with van der Waals surface area (Å²) < 4.78 is 8.36. The molecule has 2 heterocycles. The Kier molecular flexibility index (Phi) is 3.19. The van der Waals surface area contributed by atoms with E-state index in [1.54, 1.807) is 18.0 Å². The molecule has 0 aliphatic rings. The molecule has 0 unspecified atom stereocenters. The number of aryl methyl sites for hydroxylation is 1. The Morgan fingerprint density at radius 1 is 1.30 bits per heavy atom. The zero-order chi connectivity index (χ0) is 14.1. The molecule has 102 valence electrons. The van der Waals surface area contributed by atoms with Gasteiger partial charge < -0.3 is 4.90 Å². The minimum atomic E-state index is -0.106. The molecule has 1 N–H and O–H groups in total. The van der Waals surface area contributed by atoms with E-state index >= 15 is 0 Å². The lowest BCUT2D eigenvalue weighted by molar-refractivity contribution is 0.0779. The van der Waals surface area contributed by atoms with Gasteiger partial charge in [-0.2, -0.15) is 13.8 Å². The summed E-state index contributed by atoms with van der Waals surface area (Å²) in [4.78, 5) is 13.8. The van der Waals surface area contributed by atoms with Crippen molar-refractivity contribution in [2.75, 3.05) is 7.05 Å². The Morgan fingerprint density at radius 3 is 2.85 bits per heavy atom. The topological polar surface area (TPSA) is 74.8 Å². The fraction of sp³-hybridized carbons (Fsp3) is 0.231. The average molecular weight is 287 g/mol. The molecule has 0 bridgehead atoms. The van der Waals surface area contributed by atoms with Crippen molar-refractivity contribution >= 4 is 28.7 Å². The summed E-state index contributed by atoms with van der Waals surface area (Å²) in [5.74, 6) is -0.106. The Labute approximate surface area is 119 Å². The molecule has 3 rings (SSSR count). The molecule has 0 radical (unpaired) electrons. The van der Waals surface area contributed by atoms with Crippen LogP contribution in [0.3, 0.4) is 0 Å². The van der Waals surface area contributed by atoms with Crippen LogP contribution in [0.5, 0.6) is 0 Å². The number of fused-ring (bicyclic) bond motifs is 1. The second-order valence-electron chi connectivity index (χ2n) is 4.68. The van der Waals surface area contributed by atoms with Crippen molar-refractivity contribution in [3.8, 4) is 0 Å². The smallest absolute Gasteiger partial charge is 0.274 e. The van der Waals surface area contributed by atoms with E-state index in [0.29, 0.717) is 12.2 Å². The Morgan fingerprint density at radius 2 is 2.10 bits per heavy atom. The van der Waals surface area contributed by atoms with E-state index in [1.165, 1.54) is 11.7 Å². The molecule has 1 aromatic carbocycles. The van der Waals surface area contributed by atoms with Crippen LogP contribution >= 0.6 is 11.7 Å². The fourth-order valence-corrected chi connectivity index (χ4v) is 2.51. The first-order valence-electron chi connectivity index (χ1n) is 6.12. The van der Waals surface area contributed by atoms with E-state index in [2.05, 4.69) is 18.9 Å². The van der Waals surface area contributed by atoms with Gasteiger partial charge in [-0.3, -0.25) is 9.89 Å². The van der Waals surface area contributed by atoms with Gasteiger partial charge in [-0.1, -0.05) is 6.07 Å². The number of aromatic nitrogens is 4. The van der Waals surface area contributed by atoms with Gasteiger partial charge in [-0.15, -0.1) is 0 Å². The highest BCUT2D eigenvalue weighted by atomic mass is 32.1. The molecule has 0 atom stereocenters. The molecule has 1 amide bonds. The van der Waals surface area contributed by atoms with Gasteiger partial charge in [-0.05, 0) is 30.7 Å². The Balaban J connectivity index is 1.77. The number of rotatable bonds is 3. The van der Waals surface area contributed by atoms with Gasteiger partial charge >= 0.3 is 0 Å². The number of benzene rings is 1. The number of H-pyrrole nitrogens is 1. The summed E-state index contributed by atoms with van der Waals surface area (Å²) in [6.45, 7) is 2.38. The maximum absolute atomic E-state index is 12.2. The second kappa shape index (κ2) is 5.01. The van der Waals surface area contributed by atoms with E-state index in [0.717, 1.165) is 22.3 Å². The zero-order valence-electron chi connectivity index (χ0n) is 11.1. The number of aromatic amines is 1. The predicted molar refractivity (Wildman–Crippen MR) is 76.5 cm³/mol. The summed E-state index contributed by atoms with van der Waals surface area (Å²) in [6, 6.07) is 7.58. The number of nitrogens with zero attached hydrogens (tertiary/aromatic N) is 4. The number of carbonyl (C=O) groups excluding carboxylic acids is 1. The minimum absolute atomic E-state index is 0.106. The normalized spacial score (nSPS) is 10.9. The van der Waals surface area contributed by atoms with Gasteiger partial charge in [0.05, 0.1) is 11.7 Å². The van der Waals surface area contributed by atoms with Crippen LogP contribution in [0.15, 0.2) is 24.3 Å². The van der Waals surface area contributed by atoms with E-state index in [-0.39, 0.29) is 5.91 Å². The summed E-state index contributed by atoms with van der Waals surface area (Å²) in [6.07, 6.45) is 0. The molecule has 6 nitrogen and oxygen atoms in total. The average Bonchev–Trinajstić information content (AvgIpc) is 3.05. The summed E-state index contributed by atoms with van der Waals surface area (Å²) >= 11 is 1.19. The third-order valence-electron chi connectivity index (χ3n) is 3.01. The Bertz CT molecular complexity index is 763. The molecule has 3 aromatic rings. The molecule has 0 fully saturated rings. The van der Waals surface area contributed by atoms with Gasteiger partial charge in [0.1, 0.15) is 16.7 Å². The van der Waals surface area contributed by atoms with Crippen molar-refractivity contribution in [3.63, 3.8) is 0 Å². The molecular weight excluding hydrogens is 274 g/mol. The van der Waals surface area contributed by atoms with Gasteiger partial charge in [0.2, 0.25) is 0 Å². The lowest BCUT2D eigenvalue weighted by atomic mass is 10.2. The molecule has 2 aromatic heterocycles. The van der Waals surface area contributed by atoms with Crippen molar-refractivity contribution in [3.05, 3.63) is 41.2 Å². The first-order chi connectivity index (χ1) is 9.63. The van der Waals surface area contributed by atoms with E-state index < -0.39 is 0 Å². The molecular formula is C13H13N5OS. The highest BCUT2D eigenvalue weighted by molar-refractivity contribution is 7.00. The maximum atomic E-state index is 12.2. The zero-order valence-corrected chi connectivity index (χ0v) is 11.9. The standard InChI is InChI=1S/C13H13N5OS/c1-8-5-12(15-14-8)13(19)18(2)7-9-3-4-10-11(6-9)17-20-16-10/h3-6H,7H2,1-2H3,(H,14,15). The monoisotopic (exact) mass is 287 g/mol. The van der Waals surface area contributed by atoms with E-state index in [4.69, 9.17) is 0 Å². The summed E-state index contributed by atoms with van der Waals surface area (Å²) in [5, 5.41) is 6.76. The van der Waals surface area contributed by atoms with Gasteiger partial charge in [-0.25, -0.2) is 0 Å². The number of hydrogen-bond acceptors (Lipinski definition) is 5. The molecule has 0 saturated carbocycles. The van der Waals surface area contributed by atoms with Gasteiger partial charge in [0.25, 0.3) is 5.91 Å². The highest BCUT2D eigenvalue weighted by Crippen LogP contribution is 2.15. The van der Waals surface area contributed by atoms with Crippen LogP contribution < -0.4 is 0 Å². The molecule has 0 aliphatic heterocycles. The third kappa shape index (κ3) is 2.39. The minimum Gasteiger partial charge on any atom is -0.336 e. The fourth-order valence-electron chi connectivity index (χ4n) is 1.99. The summed E-state index contributed by atoms with van der Waals surface area (Å²) in [5.41, 5.74) is 4.08. The highest BCUT2D eigenvalue weighted by Gasteiger charge is 2.15. The van der Waals surface area contributed by atoms with E-state index in [9.17, 15) is 4.79 Å². The number of carbonyl (C=O) groups is 1. The largest absolute Gasteiger partial charge is 0.336 e. The molecule has 20 heavy (non-hydrogen) atoms. The van der Waals surface area contributed by atoms with Crippen molar-refractivity contribution in [2.24, 2.45) is 0 Å². The maximum Gasteiger partial charge on any atom is 0.274 e. The quantitative estimate of drug-likeness (QED) is 0.799. The Hall–Kier alpha value is -2.28. The summed E-state index contributed by atoms with van der Waals surface area (Å²) in [7, 11) is 1.76. The van der Waals surface area contributed by atoms with Crippen LogP contribution in [0.1, 0.15) is 21.7 Å².